The van der Waals surface area contributed by atoms with Gasteiger partial charge in [-0.05, 0) is 51.3 Å². The summed E-state index contributed by atoms with van der Waals surface area (Å²) in [7, 11) is 0. The summed E-state index contributed by atoms with van der Waals surface area (Å²) in [5.74, 6) is 0.233. The van der Waals surface area contributed by atoms with Crippen molar-refractivity contribution < 1.29 is 5.11 Å². The normalized spacial score (nSPS) is 35.8. The molecule has 1 rings (SSSR count). The van der Waals surface area contributed by atoms with Gasteiger partial charge in [0.05, 0.1) is 5.60 Å². The highest BCUT2D eigenvalue weighted by Gasteiger charge is 2.36. The minimum atomic E-state index is -0.659. The molecule has 0 aromatic carbocycles. The number of hydrogen-bond acceptors (Lipinski definition) is 1. The van der Waals surface area contributed by atoms with Crippen molar-refractivity contribution in [2.75, 3.05) is 0 Å². The van der Waals surface area contributed by atoms with Gasteiger partial charge in [0.2, 0.25) is 0 Å². The monoisotopic (exact) mass is 180 g/mol. The summed E-state index contributed by atoms with van der Waals surface area (Å²) in [4.78, 5) is 0. The van der Waals surface area contributed by atoms with E-state index in [1.807, 2.05) is 13.8 Å². The van der Waals surface area contributed by atoms with Gasteiger partial charge in [0, 0.05) is 5.92 Å². The first-order valence-electron chi connectivity index (χ1n) is 4.88. The molecule has 1 aliphatic carbocycles. The van der Waals surface area contributed by atoms with Gasteiger partial charge in [0.25, 0.3) is 0 Å². The highest BCUT2D eigenvalue weighted by molar-refractivity contribution is 5.44. The van der Waals surface area contributed by atoms with E-state index in [1.54, 1.807) is 0 Å². The van der Waals surface area contributed by atoms with Crippen LogP contribution in [-0.4, -0.2) is 10.7 Å². The van der Waals surface area contributed by atoms with Crippen molar-refractivity contribution in [3.8, 4) is 0 Å². The van der Waals surface area contributed by atoms with E-state index in [2.05, 4.69) is 27.7 Å². The number of rotatable bonds is 0. The molecule has 0 spiro atoms. The molecule has 0 bridgehead atoms. The largest absolute Gasteiger partial charge is 0.385 e. The molecule has 0 amide bonds. The third-order valence-corrected chi connectivity index (χ3v) is 3.97. The molecule has 0 aromatic rings. The molecule has 2 unspecified atom stereocenters. The molecule has 0 saturated heterocycles. The fourth-order valence-electron chi connectivity index (χ4n) is 2.03. The Balaban J connectivity index is 3.32. The maximum atomic E-state index is 10.3. The van der Waals surface area contributed by atoms with Crippen LogP contribution in [-0.2, 0) is 0 Å². The lowest BCUT2D eigenvalue weighted by Gasteiger charge is -2.38. The Kier molecular flexibility index (Phi) is 2.42. The molecule has 0 aliphatic heterocycles. The van der Waals surface area contributed by atoms with Crippen LogP contribution < -0.4 is 0 Å². The Labute approximate surface area is 81.2 Å². The first-order valence-corrected chi connectivity index (χ1v) is 4.88. The van der Waals surface area contributed by atoms with Crippen molar-refractivity contribution in [3.63, 3.8) is 0 Å². The van der Waals surface area contributed by atoms with Crippen molar-refractivity contribution in [1.82, 2.24) is 0 Å². The molecular weight excluding hydrogens is 160 g/mol. The fraction of sp³-hybridized carbons (Fsp3) is 0.667. The van der Waals surface area contributed by atoms with E-state index in [1.165, 1.54) is 16.7 Å². The molecule has 0 saturated carbocycles. The van der Waals surface area contributed by atoms with E-state index >= 15 is 0 Å². The van der Waals surface area contributed by atoms with E-state index in [0.29, 0.717) is 0 Å². The number of hydrogen-bond donors (Lipinski definition) is 1. The van der Waals surface area contributed by atoms with E-state index < -0.39 is 5.60 Å². The topological polar surface area (TPSA) is 20.2 Å². The van der Waals surface area contributed by atoms with Crippen LogP contribution in [0.25, 0.3) is 0 Å². The second-order valence-corrected chi connectivity index (χ2v) is 4.43. The molecule has 0 fully saturated rings. The summed E-state index contributed by atoms with van der Waals surface area (Å²) in [6.07, 6.45) is 0. The minimum Gasteiger partial charge on any atom is -0.385 e. The van der Waals surface area contributed by atoms with Gasteiger partial charge >= 0.3 is 0 Å². The zero-order valence-corrected chi connectivity index (χ0v) is 9.52. The molecule has 74 valence electrons. The smallest absolute Gasteiger partial charge is 0.0894 e. The van der Waals surface area contributed by atoms with Crippen LogP contribution in [0.2, 0.25) is 0 Å². The van der Waals surface area contributed by atoms with Gasteiger partial charge in [-0.25, -0.2) is 0 Å². The predicted molar refractivity (Wildman–Crippen MR) is 56.5 cm³/mol. The quantitative estimate of drug-likeness (QED) is 0.607. The van der Waals surface area contributed by atoms with Crippen molar-refractivity contribution in [3.05, 3.63) is 22.3 Å². The first kappa shape index (κ1) is 10.5. The molecule has 1 aliphatic rings. The second kappa shape index (κ2) is 2.98. The van der Waals surface area contributed by atoms with Gasteiger partial charge in [-0.2, -0.15) is 0 Å². The summed E-state index contributed by atoms with van der Waals surface area (Å²) >= 11 is 0. The summed E-state index contributed by atoms with van der Waals surface area (Å²) in [6.45, 7) is 12.4. The van der Waals surface area contributed by atoms with Crippen LogP contribution >= 0.6 is 0 Å². The standard InChI is InChI=1S/C12H20O/c1-7-8(2)10(4)12(6,13)11(5)9(7)3/h10,13H,1-6H3. The highest BCUT2D eigenvalue weighted by atomic mass is 16.3. The van der Waals surface area contributed by atoms with Crippen molar-refractivity contribution in [1.29, 1.82) is 0 Å². The molecular formula is C12H20O. The van der Waals surface area contributed by atoms with Gasteiger partial charge < -0.3 is 5.11 Å². The lowest BCUT2D eigenvalue weighted by atomic mass is 9.71. The Morgan fingerprint density at radius 2 is 1.54 bits per heavy atom. The van der Waals surface area contributed by atoms with Crippen LogP contribution in [0.15, 0.2) is 22.3 Å². The molecule has 0 aromatic heterocycles. The lowest BCUT2D eigenvalue weighted by Crippen LogP contribution is -2.38. The van der Waals surface area contributed by atoms with Crippen LogP contribution in [0.3, 0.4) is 0 Å². The van der Waals surface area contributed by atoms with E-state index in [4.69, 9.17) is 0 Å². The molecule has 1 nitrogen and oxygen atoms in total. The summed E-state index contributed by atoms with van der Waals surface area (Å²) in [6, 6.07) is 0. The maximum absolute atomic E-state index is 10.3. The Morgan fingerprint density at radius 3 is 2.00 bits per heavy atom. The van der Waals surface area contributed by atoms with Crippen LogP contribution in [0.1, 0.15) is 41.5 Å². The third kappa shape index (κ3) is 1.35. The number of aliphatic hydroxyl groups is 1. The summed E-state index contributed by atoms with van der Waals surface area (Å²) in [5.41, 5.74) is 4.36. The average Bonchev–Trinajstić information content (AvgIpc) is 2.09. The molecule has 0 heterocycles. The summed E-state index contributed by atoms with van der Waals surface area (Å²) < 4.78 is 0. The Bertz CT molecular complexity index is 292. The van der Waals surface area contributed by atoms with E-state index in [0.717, 1.165) is 5.57 Å². The van der Waals surface area contributed by atoms with Crippen molar-refractivity contribution in [2.45, 2.75) is 47.1 Å². The van der Waals surface area contributed by atoms with Gasteiger partial charge in [0.1, 0.15) is 0 Å². The first-order chi connectivity index (χ1) is 5.80. The summed E-state index contributed by atoms with van der Waals surface area (Å²) in [5, 5.41) is 10.3. The Morgan fingerprint density at radius 1 is 1.08 bits per heavy atom. The zero-order chi connectivity index (χ0) is 10.4. The third-order valence-electron chi connectivity index (χ3n) is 3.97. The fourth-order valence-corrected chi connectivity index (χ4v) is 2.03. The molecule has 2 atom stereocenters. The number of allylic oxidation sites excluding steroid dienone is 2. The molecule has 1 heteroatoms. The predicted octanol–water partition coefficient (Wildman–Crippen LogP) is 3.06. The van der Waals surface area contributed by atoms with E-state index in [9.17, 15) is 5.11 Å². The molecule has 13 heavy (non-hydrogen) atoms. The van der Waals surface area contributed by atoms with Crippen molar-refractivity contribution in [2.24, 2.45) is 5.92 Å². The van der Waals surface area contributed by atoms with Crippen LogP contribution in [0.5, 0.6) is 0 Å². The van der Waals surface area contributed by atoms with E-state index in [-0.39, 0.29) is 5.92 Å². The minimum absolute atomic E-state index is 0.233. The SMILES string of the molecule is CC1=C(C)C(C)C(C)(O)C(C)=C1C. The van der Waals surface area contributed by atoms with Gasteiger partial charge in [0.15, 0.2) is 0 Å². The maximum Gasteiger partial charge on any atom is 0.0894 e. The lowest BCUT2D eigenvalue weighted by molar-refractivity contribution is 0.0537. The van der Waals surface area contributed by atoms with Crippen LogP contribution in [0.4, 0.5) is 0 Å². The van der Waals surface area contributed by atoms with Gasteiger partial charge in [-0.1, -0.05) is 12.5 Å². The highest BCUT2D eigenvalue weighted by Crippen LogP contribution is 2.40. The van der Waals surface area contributed by atoms with Gasteiger partial charge in [-0.15, -0.1) is 0 Å². The zero-order valence-electron chi connectivity index (χ0n) is 9.52. The average molecular weight is 180 g/mol. The van der Waals surface area contributed by atoms with Crippen molar-refractivity contribution >= 4 is 0 Å². The van der Waals surface area contributed by atoms with Crippen LogP contribution in [0, 0.1) is 5.92 Å². The van der Waals surface area contributed by atoms with Gasteiger partial charge in [-0.3, -0.25) is 0 Å². The molecule has 0 radical (unpaired) electrons. The molecule has 1 N–H and O–H groups in total. The second-order valence-electron chi connectivity index (χ2n) is 4.43. The Hall–Kier alpha value is -0.560.